The van der Waals surface area contributed by atoms with Gasteiger partial charge in [0.25, 0.3) is 0 Å². The largest absolute Gasteiger partial charge is 0.314 e. The van der Waals surface area contributed by atoms with Crippen molar-refractivity contribution in [2.75, 3.05) is 6.54 Å². The predicted octanol–water partition coefficient (Wildman–Crippen LogP) is 5.40. The zero-order valence-electron chi connectivity index (χ0n) is 14.4. The van der Waals surface area contributed by atoms with Gasteiger partial charge in [0.2, 0.25) is 0 Å². The van der Waals surface area contributed by atoms with Crippen molar-refractivity contribution in [2.45, 2.75) is 91.5 Å². The Hall–Kier alpha value is -0.0400. The van der Waals surface area contributed by atoms with E-state index in [0.717, 1.165) is 23.8 Å². The van der Waals surface area contributed by atoms with Crippen LogP contribution in [0, 0.1) is 23.2 Å². The van der Waals surface area contributed by atoms with E-state index in [2.05, 4.69) is 33.0 Å². The van der Waals surface area contributed by atoms with Crippen molar-refractivity contribution in [3.8, 4) is 0 Å². The number of rotatable bonds is 4. The van der Waals surface area contributed by atoms with Gasteiger partial charge >= 0.3 is 0 Å². The van der Waals surface area contributed by atoms with Gasteiger partial charge in [-0.2, -0.15) is 0 Å². The van der Waals surface area contributed by atoms with E-state index < -0.39 is 0 Å². The lowest BCUT2D eigenvalue weighted by Crippen LogP contribution is -2.39. The van der Waals surface area contributed by atoms with Gasteiger partial charge in [0.05, 0.1) is 0 Å². The average Bonchev–Trinajstić information content (AvgIpc) is 2.45. The summed E-state index contributed by atoms with van der Waals surface area (Å²) in [4.78, 5) is 0. The summed E-state index contributed by atoms with van der Waals surface area (Å²) < 4.78 is 0. The summed E-state index contributed by atoms with van der Waals surface area (Å²) >= 11 is 0. The van der Waals surface area contributed by atoms with Crippen molar-refractivity contribution >= 4 is 0 Å². The highest BCUT2D eigenvalue weighted by atomic mass is 14.9. The molecule has 0 unspecified atom stereocenters. The monoisotopic (exact) mass is 279 g/mol. The van der Waals surface area contributed by atoms with Crippen molar-refractivity contribution in [1.82, 2.24) is 5.32 Å². The third-order valence-electron chi connectivity index (χ3n) is 6.16. The SMILES string of the molecule is C[C@H](NCC1CCC(C(C)(C)C)CC1)C1CCCCC1. The fourth-order valence-corrected chi connectivity index (χ4v) is 4.39. The molecule has 0 bridgehead atoms. The number of hydrogen-bond donors (Lipinski definition) is 1. The van der Waals surface area contributed by atoms with E-state index in [4.69, 9.17) is 0 Å². The molecule has 0 saturated heterocycles. The summed E-state index contributed by atoms with van der Waals surface area (Å²) in [6.07, 6.45) is 13.1. The van der Waals surface area contributed by atoms with E-state index in [-0.39, 0.29) is 0 Å². The molecule has 0 aromatic heterocycles. The number of nitrogens with one attached hydrogen (secondary N) is 1. The molecule has 1 nitrogen and oxygen atoms in total. The summed E-state index contributed by atoms with van der Waals surface area (Å²) in [5.74, 6) is 2.85. The summed E-state index contributed by atoms with van der Waals surface area (Å²) in [6, 6.07) is 0.746. The first-order chi connectivity index (χ1) is 9.47. The van der Waals surface area contributed by atoms with Crippen molar-refractivity contribution < 1.29 is 0 Å². The van der Waals surface area contributed by atoms with Crippen LogP contribution >= 0.6 is 0 Å². The molecule has 118 valence electrons. The van der Waals surface area contributed by atoms with Gasteiger partial charge in [-0.15, -0.1) is 0 Å². The molecule has 0 aliphatic heterocycles. The standard InChI is InChI=1S/C19H37N/c1-15(17-8-6-5-7-9-17)20-14-16-10-12-18(13-11-16)19(2,3)4/h15-18,20H,5-14H2,1-4H3/t15-,16?,18?/m0/s1. The Morgan fingerprint density at radius 1 is 0.900 bits per heavy atom. The van der Waals surface area contributed by atoms with Crippen LogP contribution in [0.15, 0.2) is 0 Å². The molecule has 2 fully saturated rings. The van der Waals surface area contributed by atoms with Gasteiger partial charge in [0, 0.05) is 6.04 Å². The minimum absolute atomic E-state index is 0.522. The van der Waals surface area contributed by atoms with Gasteiger partial charge in [-0.25, -0.2) is 0 Å². The lowest BCUT2D eigenvalue weighted by atomic mass is 9.70. The molecule has 1 atom stereocenters. The van der Waals surface area contributed by atoms with Crippen LogP contribution in [0.5, 0.6) is 0 Å². The van der Waals surface area contributed by atoms with Crippen molar-refractivity contribution in [3.63, 3.8) is 0 Å². The van der Waals surface area contributed by atoms with Crippen LogP contribution < -0.4 is 5.32 Å². The van der Waals surface area contributed by atoms with E-state index in [1.165, 1.54) is 64.3 Å². The maximum absolute atomic E-state index is 3.88. The minimum atomic E-state index is 0.522. The van der Waals surface area contributed by atoms with E-state index >= 15 is 0 Å². The minimum Gasteiger partial charge on any atom is -0.314 e. The molecule has 0 amide bonds. The van der Waals surface area contributed by atoms with Crippen molar-refractivity contribution in [1.29, 1.82) is 0 Å². The molecule has 0 aromatic rings. The van der Waals surface area contributed by atoms with E-state index in [1.807, 2.05) is 0 Å². The first-order valence-corrected chi connectivity index (χ1v) is 9.20. The van der Waals surface area contributed by atoms with Crippen molar-refractivity contribution in [3.05, 3.63) is 0 Å². The Labute approximate surface area is 127 Å². The van der Waals surface area contributed by atoms with Gasteiger partial charge in [-0.05, 0) is 75.2 Å². The molecule has 1 N–H and O–H groups in total. The van der Waals surface area contributed by atoms with Gasteiger partial charge in [0.15, 0.2) is 0 Å². The second-order valence-electron chi connectivity index (χ2n) is 8.68. The summed E-state index contributed by atoms with van der Waals surface area (Å²) in [6.45, 7) is 11.0. The molecule has 1 heteroatoms. The smallest absolute Gasteiger partial charge is 0.00671 e. The molecule has 2 aliphatic carbocycles. The molecule has 0 aromatic carbocycles. The Morgan fingerprint density at radius 3 is 2.05 bits per heavy atom. The van der Waals surface area contributed by atoms with Gasteiger partial charge < -0.3 is 5.32 Å². The second kappa shape index (κ2) is 7.29. The van der Waals surface area contributed by atoms with Crippen molar-refractivity contribution in [2.24, 2.45) is 23.2 Å². The molecule has 2 rings (SSSR count). The van der Waals surface area contributed by atoms with Gasteiger partial charge in [-0.1, -0.05) is 40.0 Å². The van der Waals surface area contributed by atoms with Gasteiger partial charge in [-0.3, -0.25) is 0 Å². The van der Waals surface area contributed by atoms with Crippen LogP contribution in [-0.4, -0.2) is 12.6 Å². The lowest BCUT2D eigenvalue weighted by Gasteiger charge is -2.38. The first-order valence-electron chi connectivity index (χ1n) is 9.20. The molecule has 0 heterocycles. The zero-order valence-corrected chi connectivity index (χ0v) is 14.4. The quantitative estimate of drug-likeness (QED) is 0.727. The van der Waals surface area contributed by atoms with E-state index in [9.17, 15) is 0 Å². The Bertz CT molecular complexity index is 264. The maximum atomic E-state index is 3.88. The molecular formula is C19H37N. The van der Waals surface area contributed by atoms with Gasteiger partial charge in [0.1, 0.15) is 0 Å². The van der Waals surface area contributed by atoms with Crippen LogP contribution in [0.4, 0.5) is 0 Å². The fourth-order valence-electron chi connectivity index (χ4n) is 4.39. The summed E-state index contributed by atoms with van der Waals surface area (Å²) in [7, 11) is 0. The maximum Gasteiger partial charge on any atom is 0.00671 e. The van der Waals surface area contributed by atoms with Crippen LogP contribution in [0.3, 0.4) is 0 Å². The van der Waals surface area contributed by atoms with Crippen LogP contribution in [0.1, 0.15) is 85.5 Å². The van der Waals surface area contributed by atoms with Crippen LogP contribution in [0.25, 0.3) is 0 Å². The lowest BCUT2D eigenvalue weighted by molar-refractivity contribution is 0.145. The number of hydrogen-bond acceptors (Lipinski definition) is 1. The zero-order chi connectivity index (χ0) is 14.6. The summed E-state index contributed by atoms with van der Waals surface area (Å²) in [5, 5.41) is 3.88. The highest BCUT2D eigenvalue weighted by Gasteiger charge is 2.30. The highest BCUT2D eigenvalue weighted by Crippen LogP contribution is 2.39. The average molecular weight is 280 g/mol. The topological polar surface area (TPSA) is 12.0 Å². The van der Waals surface area contributed by atoms with Crippen LogP contribution in [0.2, 0.25) is 0 Å². The molecule has 0 radical (unpaired) electrons. The van der Waals surface area contributed by atoms with Crippen LogP contribution in [-0.2, 0) is 0 Å². The fraction of sp³-hybridized carbons (Fsp3) is 1.00. The molecule has 2 saturated carbocycles. The normalized spacial score (nSPS) is 31.2. The van der Waals surface area contributed by atoms with E-state index in [0.29, 0.717) is 5.41 Å². The molecule has 2 aliphatic rings. The van der Waals surface area contributed by atoms with E-state index in [1.54, 1.807) is 0 Å². The predicted molar refractivity (Wildman–Crippen MR) is 88.9 cm³/mol. The Morgan fingerprint density at radius 2 is 1.50 bits per heavy atom. The third kappa shape index (κ3) is 4.76. The molecular weight excluding hydrogens is 242 g/mol. The third-order valence-corrected chi connectivity index (χ3v) is 6.16. The molecule has 20 heavy (non-hydrogen) atoms. The molecule has 0 spiro atoms. The first kappa shape index (κ1) is 16.3. The Kier molecular flexibility index (Phi) is 5.95. The Balaban J connectivity index is 1.65. The summed E-state index contributed by atoms with van der Waals surface area (Å²) in [5.41, 5.74) is 0.522. The highest BCUT2D eigenvalue weighted by molar-refractivity contribution is 4.83. The second-order valence-corrected chi connectivity index (χ2v) is 8.68.